The van der Waals surface area contributed by atoms with E-state index >= 15 is 0 Å². The van der Waals surface area contributed by atoms with Gasteiger partial charge in [0, 0.05) is 4.88 Å². The largest absolute Gasteiger partial charge is 0.309 e. The van der Waals surface area contributed by atoms with Gasteiger partial charge in [0.2, 0.25) is 0 Å². The monoisotopic (exact) mass is 227 g/mol. The van der Waals surface area contributed by atoms with Crippen molar-refractivity contribution in [1.29, 1.82) is 0 Å². The predicted molar refractivity (Wildman–Crippen MR) is 63.1 cm³/mol. The van der Waals surface area contributed by atoms with E-state index in [4.69, 9.17) is 11.6 Å². The van der Waals surface area contributed by atoms with E-state index in [-0.39, 0.29) is 0 Å². The molecule has 1 unspecified atom stereocenters. The van der Waals surface area contributed by atoms with Crippen LogP contribution in [-0.4, -0.2) is 7.05 Å². The number of thiophene rings is 1. The van der Waals surface area contributed by atoms with Gasteiger partial charge in [0.25, 0.3) is 0 Å². The van der Waals surface area contributed by atoms with E-state index in [9.17, 15) is 0 Å². The van der Waals surface area contributed by atoms with Crippen molar-refractivity contribution in [2.75, 3.05) is 7.05 Å². The van der Waals surface area contributed by atoms with E-state index in [1.807, 2.05) is 13.1 Å². The fourth-order valence-electron chi connectivity index (χ4n) is 1.95. The van der Waals surface area contributed by atoms with Gasteiger partial charge in [-0.05, 0) is 38.4 Å². The molecule has 1 nitrogen and oxygen atoms in total. The van der Waals surface area contributed by atoms with Gasteiger partial charge >= 0.3 is 0 Å². The van der Waals surface area contributed by atoms with Crippen molar-refractivity contribution in [2.45, 2.75) is 25.3 Å². The van der Waals surface area contributed by atoms with Crippen LogP contribution in [0.5, 0.6) is 0 Å². The second-order valence-electron chi connectivity index (χ2n) is 3.53. The number of rotatable bonds is 3. The molecule has 14 heavy (non-hydrogen) atoms. The molecule has 0 radical (unpaired) electrons. The second kappa shape index (κ2) is 4.47. The van der Waals surface area contributed by atoms with Crippen molar-refractivity contribution in [1.82, 2.24) is 5.32 Å². The van der Waals surface area contributed by atoms with Gasteiger partial charge in [0.1, 0.15) is 0 Å². The Bertz CT molecular complexity index is 343. The van der Waals surface area contributed by atoms with Gasteiger partial charge in [-0.2, -0.15) is 0 Å². The molecule has 3 heteroatoms. The lowest BCUT2D eigenvalue weighted by atomic mass is 10.1. The van der Waals surface area contributed by atoms with Gasteiger partial charge in [0.15, 0.2) is 0 Å². The van der Waals surface area contributed by atoms with Gasteiger partial charge in [-0.15, -0.1) is 11.3 Å². The number of hydrogen-bond acceptors (Lipinski definition) is 2. The number of likely N-dealkylation sites (N-methyl/N-ethyl adjacent to an activating group) is 1. The highest BCUT2D eigenvalue weighted by molar-refractivity contribution is 7.16. The third kappa shape index (κ3) is 2.02. The highest BCUT2D eigenvalue weighted by Crippen LogP contribution is 2.35. The van der Waals surface area contributed by atoms with Crippen molar-refractivity contribution in [2.24, 2.45) is 0 Å². The molecular formula is C11H14ClNS. The summed E-state index contributed by atoms with van der Waals surface area (Å²) < 4.78 is 0.874. The Morgan fingerprint density at radius 3 is 2.86 bits per heavy atom. The molecule has 0 saturated heterocycles. The van der Waals surface area contributed by atoms with Crippen LogP contribution in [0.3, 0.4) is 0 Å². The molecule has 1 aromatic rings. The molecule has 0 amide bonds. The van der Waals surface area contributed by atoms with Crippen LogP contribution in [0.1, 0.15) is 30.2 Å². The summed E-state index contributed by atoms with van der Waals surface area (Å²) in [6.45, 7) is 0. The van der Waals surface area contributed by atoms with Crippen LogP contribution in [-0.2, 0) is 0 Å². The maximum atomic E-state index is 5.94. The minimum absolute atomic E-state index is 0.384. The standard InChI is InChI=1S/C11H14ClNS/c1-13-11(8-4-2-3-5-8)9-6-7-10(12)14-9/h4,6-7,11,13H,2-3,5H2,1H3. The zero-order chi connectivity index (χ0) is 9.97. The Labute approximate surface area is 93.8 Å². The van der Waals surface area contributed by atoms with E-state index in [1.54, 1.807) is 11.3 Å². The quantitative estimate of drug-likeness (QED) is 0.776. The fourth-order valence-corrected chi connectivity index (χ4v) is 3.17. The molecule has 0 aliphatic heterocycles. The first kappa shape index (κ1) is 10.2. The van der Waals surface area contributed by atoms with E-state index < -0.39 is 0 Å². The summed E-state index contributed by atoms with van der Waals surface area (Å²) in [5.41, 5.74) is 1.52. The summed E-state index contributed by atoms with van der Waals surface area (Å²) in [5, 5.41) is 3.36. The number of nitrogens with one attached hydrogen (secondary N) is 1. The first-order chi connectivity index (χ1) is 6.81. The Morgan fingerprint density at radius 1 is 1.50 bits per heavy atom. The zero-order valence-corrected chi connectivity index (χ0v) is 9.79. The van der Waals surface area contributed by atoms with Crippen LogP contribution >= 0.6 is 22.9 Å². The number of halogens is 1. The van der Waals surface area contributed by atoms with E-state index in [0.29, 0.717) is 6.04 Å². The van der Waals surface area contributed by atoms with Crippen molar-refractivity contribution >= 4 is 22.9 Å². The highest BCUT2D eigenvalue weighted by atomic mass is 35.5. The van der Waals surface area contributed by atoms with Crippen LogP contribution in [0, 0.1) is 0 Å². The molecule has 0 bridgehead atoms. The summed E-state index contributed by atoms with van der Waals surface area (Å²) in [7, 11) is 2.01. The van der Waals surface area contributed by atoms with Crippen molar-refractivity contribution < 1.29 is 0 Å². The van der Waals surface area contributed by atoms with Gasteiger partial charge in [-0.25, -0.2) is 0 Å². The summed E-state index contributed by atoms with van der Waals surface area (Å²) >= 11 is 7.61. The molecule has 0 aromatic carbocycles. The molecule has 76 valence electrons. The molecule has 1 aliphatic rings. The van der Waals surface area contributed by atoms with Gasteiger partial charge in [0.05, 0.1) is 10.4 Å². The first-order valence-electron chi connectivity index (χ1n) is 4.92. The Balaban J connectivity index is 2.20. The highest BCUT2D eigenvalue weighted by Gasteiger charge is 2.18. The average Bonchev–Trinajstić information content (AvgIpc) is 2.79. The Kier molecular flexibility index (Phi) is 3.26. The third-order valence-corrected chi connectivity index (χ3v) is 3.91. The second-order valence-corrected chi connectivity index (χ2v) is 5.28. The summed E-state index contributed by atoms with van der Waals surface area (Å²) in [6, 6.07) is 4.48. The minimum Gasteiger partial charge on any atom is -0.309 e. The van der Waals surface area contributed by atoms with Gasteiger partial charge in [-0.1, -0.05) is 23.3 Å². The maximum absolute atomic E-state index is 5.94. The molecule has 0 spiro atoms. The molecule has 1 N–H and O–H groups in total. The van der Waals surface area contributed by atoms with Crippen molar-refractivity contribution in [3.05, 3.63) is 33.0 Å². The van der Waals surface area contributed by atoms with Gasteiger partial charge in [-0.3, -0.25) is 0 Å². The Morgan fingerprint density at radius 2 is 2.36 bits per heavy atom. The van der Waals surface area contributed by atoms with Crippen LogP contribution in [0.4, 0.5) is 0 Å². The zero-order valence-electron chi connectivity index (χ0n) is 8.22. The lowest BCUT2D eigenvalue weighted by Crippen LogP contribution is -2.16. The summed E-state index contributed by atoms with van der Waals surface area (Å²) in [5.74, 6) is 0. The van der Waals surface area contributed by atoms with E-state index in [1.165, 1.54) is 29.7 Å². The molecular weight excluding hydrogens is 214 g/mol. The SMILES string of the molecule is CNC(C1=CCCC1)c1ccc(Cl)s1. The van der Waals surface area contributed by atoms with Gasteiger partial charge < -0.3 is 5.32 Å². The smallest absolute Gasteiger partial charge is 0.0931 e. The van der Waals surface area contributed by atoms with Crippen LogP contribution in [0.2, 0.25) is 4.34 Å². The molecule has 1 aliphatic carbocycles. The lowest BCUT2D eigenvalue weighted by Gasteiger charge is -2.15. The van der Waals surface area contributed by atoms with E-state index in [0.717, 1.165) is 4.34 Å². The molecule has 1 heterocycles. The predicted octanol–water partition coefficient (Wildman–Crippen LogP) is 3.77. The van der Waals surface area contributed by atoms with Crippen molar-refractivity contribution in [3.8, 4) is 0 Å². The summed E-state index contributed by atoms with van der Waals surface area (Å²) in [4.78, 5) is 1.32. The van der Waals surface area contributed by atoms with Crippen LogP contribution < -0.4 is 5.32 Å². The van der Waals surface area contributed by atoms with Crippen LogP contribution in [0.15, 0.2) is 23.8 Å². The normalized spacial score (nSPS) is 18.3. The number of hydrogen-bond donors (Lipinski definition) is 1. The third-order valence-electron chi connectivity index (χ3n) is 2.61. The molecule has 0 fully saturated rings. The fraction of sp³-hybridized carbons (Fsp3) is 0.455. The number of allylic oxidation sites excluding steroid dienone is 1. The van der Waals surface area contributed by atoms with E-state index in [2.05, 4.69) is 17.5 Å². The molecule has 2 rings (SSSR count). The molecule has 1 atom stereocenters. The topological polar surface area (TPSA) is 12.0 Å². The maximum Gasteiger partial charge on any atom is 0.0931 e. The molecule has 0 saturated carbocycles. The average molecular weight is 228 g/mol. The Hall–Kier alpha value is -0.310. The minimum atomic E-state index is 0.384. The van der Waals surface area contributed by atoms with Crippen LogP contribution in [0.25, 0.3) is 0 Å². The first-order valence-corrected chi connectivity index (χ1v) is 6.12. The summed E-state index contributed by atoms with van der Waals surface area (Å²) in [6.07, 6.45) is 6.11. The lowest BCUT2D eigenvalue weighted by molar-refractivity contribution is 0.666. The molecule has 1 aromatic heterocycles. The van der Waals surface area contributed by atoms with Crippen molar-refractivity contribution in [3.63, 3.8) is 0 Å².